The highest BCUT2D eigenvalue weighted by Crippen LogP contribution is 2.25. The molecule has 0 aliphatic heterocycles. The maximum atomic E-state index is 10.8. The second-order valence-corrected chi connectivity index (χ2v) is 4.85. The number of nitrogens with zero attached hydrogens (tertiary/aromatic N) is 2. The van der Waals surface area contributed by atoms with Crippen molar-refractivity contribution in [2.24, 2.45) is 7.05 Å². The van der Waals surface area contributed by atoms with E-state index < -0.39 is 11.2 Å². The molecular formula is C11H12N2O2S. The Morgan fingerprint density at radius 2 is 2.19 bits per heavy atom. The number of hydrogen-bond donors (Lipinski definition) is 1. The number of carboxylic acid groups (broad SMARTS) is 1. The second-order valence-electron chi connectivity index (χ2n) is 3.54. The molecule has 16 heavy (non-hydrogen) atoms. The number of carboxylic acids is 1. The first-order valence-corrected chi connectivity index (χ1v) is 5.78. The zero-order chi connectivity index (χ0) is 11.7. The van der Waals surface area contributed by atoms with Gasteiger partial charge in [0.15, 0.2) is 5.16 Å². The quantitative estimate of drug-likeness (QED) is 0.829. The van der Waals surface area contributed by atoms with Crippen molar-refractivity contribution in [3.8, 4) is 0 Å². The van der Waals surface area contributed by atoms with E-state index in [1.807, 2.05) is 35.9 Å². The van der Waals surface area contributed by atoms with Crippen LogP contribution in [0.1, 0.15) is 6.92 Å². The van der Waals surface area contributed by atoms with Crippen LogP contribution in [-0.4, -0.2) is 25.9 Å². The highest BCUT2D eigenvalue weighted by atomic mass is 32.2. The van der Waals surface area contributed by atoms with Crippen molar-refractivity contribution < 1.29 is 9.90 Å². The van der Waals surface area contributed by atoms with E-state index in [1.165, 1.54) is 11.8 Å². The average Bonchev–Trinajstić information content (AvgIpc) is 2.56. The monoisotopic (exact) mass is 236 g/mol. The first kappa shape index (κ1) is 11.0. The third kappa shape index (κ3) is 1.90. The van der Waals surface area contributed by atoms with Crippen LogP contribution in [0.3, 0.4) is 0 Å². The van der Waals surface area contributed by atoms with Crippen molar-refractivity contribution in [1.29, 1.82) is 0 Å². The minimum absolute atomic E-state index is 0.490. The van der Waals surface area contributed by atoms with Crippen molar-refractivity contribution in [2.45, 2.75) is 17.3 Å². The Hall–Kier alpha value is -1.49. The summed E-state index contributed by atoms with van der Waals surface area (Å²) in [5, 5.41) is 9.09. The third-order valence-corrected chi connectivity index (χ3v) is 3.51. The molecule has 0 saturated heterocycles. The summed E-state index contributed by atoms with van der Waals surface area (Å²) in [6, 6.07) is 7.76. The number of para-hydroxylation sites is 2. The number of hydrogen-bond acceptors (Lipinski definition) is 3. The van der Waals surface area contributed by atoms with Crippen LogP contribution in [0.4, 0.5) is 0 Å². The molecule has 84 valence electrons. The van der Waals surface area contributed by atoms with Crippen LogP contribution in [0.25, 0.3) is 11.0 Å². The van der Waals surface area contributed by atoms with Crippen LogP contribution in [-0.2, 0) is 11.8 Å². The molecule has 4 nitrogen and oxygen atoms in total. The van der Waals surface area contributed by atoms with E-state index in [-0.39, 0.29) is 0 Å². The lowest BCUT2D eigenvalue weighted by Crippen LogP contribution is -2.12. The normalized spacial score (nSPS) is 12.9. The van der Waals surface area contributed by atoms with Gasteiger partial charge in [-0.1, -0.05) is 23.9 Å². The second kappa shape index (κ2) is 4.17. The highest BCUT2D eigenvalue weighted by Gasteiger charge is 2.16. The van der Waals surface area contributed by atoms with Crippen LogP contribution in [0.15, 0.2) is 29.4 Å². The first-order valence-electron chi connectivity index (χ1n) is 4.90. The van der Waals surface area contributed by atoms with Gasteiger partial charge in [-0.25, -0.2) is 4.98 Å². The van der Waals surface area contributed by atoms with Crippen LogP contribution >= 0.6 is 11.8 Å². The summed E-state index contributed by atoms with van der Waals surface area (Å²) in [4.78, 5) is 15.2. The van der Waals surface area contributed by atoms with Crippen LogP contribution < -0.4 is 0 Å². The molecule has 1 heterocycles. The molecule has 1 N–H and O–H groups in total. The van der Waals surface area contributed by atoms with Gasteiger partial charge in [0.25, 0.3) is 0 Å². The van der Waals surface area contributed by atoms with Crippen molar-refractivity contribution in [2.75, 3.05) is 0 Å². The predicted molar refractivity (Wildman–Crippen MR) is 63.7 cm³/mol. The Kier molecular flexibility index (Phi) is 2.87. The van der Waals surface area contributed by atoms with Crippen molar-refractivity contribution >= 4 is 28.8 Å². The maximum Gasteiger partial charge on any atom is 0.316 e. The molecule has 5 heteroatoms. The van der Waals surface area contributed by atoms with Crippen LogP contribution in [0.5, 0.6) is 0 Å². The van der Waals surface area contributed by atoms with Gasteiger partial charge in [-0.2, -0.15) is 0 Å². The smallest absolute Gasteiger partial charge is 0.316 e. The summed E-state index contributed by atoms with van der Waals surface area (Å²) in [5.41, 5.74) is 1.91. The zero-order valence-electron chi connectivity index (χ0n) is 9.04. The summed E-state index contributed by atoms with van der Waals surface area (Å²) in [6.45, 7) is 1.66. The number of carbonyl (C=O) groups is 1. The number of aromatic nitrogens is 2. The molecule has 0 fully saturated rings. The van der Waals surface area contributed by atoms with E-state index in [9.17, 15) is 4.79 Å². The summed E-state index contributed by atoms with van der Waals surface area (Å²) < 4.78 is 1.92. The molecule has 0 spiro atoms. The van der Waals surface area contributed by atoms with Crippen molar-refractivity contribution in [3.05, 3.63) is 24.3 Å². The number of aryl methyl sites for hydroxylation is 1. The lowest BCUT2D eigenvalue weighted by Gasteiger charge is -2.05. The minimum Gasteiger partial charge on any atom is -0.480 e. The number of benzene rings is 1. The Morgan fingerprint density at radius 3 is 2.81 bits per heavy atom. The standard InChI is InChI=1S/C11H12N2O2S/c1-7(10(14)15)16-11-12-8-5-3-4-6-9(8)13(11)2/h3-7H,1-2H3,(H,14,15). The molecule has 0 bridgehead atoms. The van der Waals surface area contributed by atoms with Gasteiger partial charge >= 0.3 is 5.97 Å². The predicted octanol–water partition coefficient (Wildman–Crippen LogP) is 2.14. The number of rotatable bonds is 3. The fraction of sp³-hybridized carbons (Fsp3) is 0.273. The molecule has 0 saturated carbocycles. The summed E-state index contributed by atoms with van der Waals surface area (Å²) in [5.74, 6) is -0.822. The first-order chi connectivity index (χ1) is 7.59. The van der Waals surface area contributed by atoms with Gasteiger partial charge in [-0.3, -0.25) is 4.79 Å². The number of thioether (sulfide) groups is 1. The summed E-state index contributed by atoms with van der Waals surface area (Å²) in [7, 11) is 1.90. The topological polar surface area (TPSA) is 55.1 Å². The molecule has 1 atom stereocenters. The molecule has 2 rings (SSSR count). The van der Waals surface area contributed by atoms with E-state index in [1.54, 1.807) is 6.92 Å². The van der Waals surface area contributed by atoms with E-state index >= 15 is 0 Å². The maximum absolute atomic E-state index is 10.8. The Bertz CT molecular complexity index is 536. The summed E-state index contributed by atoms with van der Waals surface area (Å²) >= 11 is 1.26. The largest absolute Gasteiger partial charge is 0.480 e. The van der Waals surface area contributed by atoms with E-state index in [0.717, 1.165) is 16.2 Å². The lowest BCUT2D eigenvalue weighted by molar-refractivity contribution is -0.136. The molecule has 0 amide bonds. The average molecular weight is 236 g/mol. The SMILES string of the molecule is CC(Sc1nc2ccccc2n1C)C(=O)O. The molecule has 0 radical (unpaired) electrons. The fourth-order valence-electron chi connectivity index (χ4n) is 1.44. The molecule has 0 aliphatic rings. The molecule has 1 aromatic carbocycles. The molecule has 0 aliphatic carbocycles. The molecule has 2 aromatic rings. The van der Waals surface area contributed by atoms with Crippen LogP contribution in [0.2, 0.25) is 0 Å². The Labute approximate surface area is 97.3 Å². The number of fused-ring (bicyclic) bond motifs is 1. The van der Waals surface area contributed by atoms with Gasteiger partial charge in [0.2, 0.25) is 0 Å². The summed E-state index contributed by atoms with van der Waals surface area (Å²) in [6.07, 6.45) is 0. The van der Waals surface area contributed by atoms with Gasteiger partial charge in [0.05, 0.1) is 11.0 Å². The van der Waals surface area contributed by atoms with E-state index in [0.29, 0.717) is 0 Å². The van der Waals surface area contributed by atoms with Crippen LogP contribution in [0, 0.1) is 0 Å². The Balaban J connectivity index is 2.38. The Morgan fingerprint density at radius 1 is 1.50 bits per heavy atom. The van der Waals surface area contributed by atoms with E-state index in [4.69, 9.17) is 5.11 Å². The van der Waals surface area contributed by atoms with Gasteiger partial charge in [0.1, 0.15) is 5.25 Å². The third-order valence-electron chi connectivity index (χ3n) is 2.38. The fourth-order valence-corrected chi connectivity index (χ4v) is 2.26. The van der Waals surface area contributed by atoms with Gasteiger partial charge in [-0.15, -0.1) is 0 Å². The lowest BCUT2D eigenvalue weighted by atomic mass is 10.3. The van der Waals surface area contributed by atoms with Gasteiger partial charge < -0.3 is 9.67 Å². The zero-order valence-corrected chi connectivity index (χ0v) is 9.86. The van der Waals surface area contributed by atoms with E-state index in [2.05, 4.69) is 4.98 Å². The van der Waals surface area contributed by atoms with Gasteiger partial charge in [-0.05, 0) is 19.1 Å². The number of imidazole rings is 1. The van der Waals surface area contributed by atoms with Crippen molar-refractivity contribution in [3.63, 3.8) is 0 Å². The molecule has 1 aromatic heterocycles. The molecular weight excluding hydrogens is 224 g/mol. The minimum atomic E-state index is -0.822. The number of aliphatic carboxylic acids is 1. The highest BCUT2D eigenvalue weighted by molar-refractivity contribution is 8.00. The molecule has 1 unspecified atom stereocenters. The van der Waals surface area contributed by atoms with Gasteiger partial charge in [0, 0.05) is 7.05 Å². The van der Waals surface area contributed by atoms with Crippen molar-refractivity contribution in [1.82, 2.24) is 9.55 Å².